The van der Waals surface area contributed by atoms with E-state index < -0.39 is 15.9 Å². The van der Waals surface area contributed by atoms with E-state index in [0.717, 1.165) is 0 Å². The van der Waals surface area contributed by atoms with Crippen LogP contribution in [0.15, 0.2) is 121 Å². The lowest BCUT2D eigenvalue weighted by Crippen LogP contribution is -2.48. The Kier molecular flexibility index (Phi) is 6.04. The van der Waals surface area contributed by atoms with Crippen LogP contribution < -0.4 is 20.7 Å². The number of rotatable bonds is 6. The van der Waals surface area contributed by atoms with Crippen molar-refractivity contribution < 1.29 is 0 Å². The molecule has 0 nitrogen and oxygen atoms in total. The Labute approximate surface area is 168 Å². The maximum absolute atomic E-state index is 2.30. The highest BCUT2D eigenvalue weighted by Gasteiger charge is 2.26. The van der Waals surface area contributed by atoms with Gasteiger partial charge in [-0.05, 0) is 20.7 Å². The smallest absolute Gasteiger partial charge is 0.184 e. The fourth-order valence-electron chi connectivity index (χ4n) is 3.03. The summed E-state index contributed by atoms with van der Waals surface area (Å²) in [5, 5.41) is 5.86. The van der Waals surface area contributed by atoms with Crippen molar-refractivity contribution >= 4 is 47.3 Å². The van der Waals surface area contributed by atoms with Gasteiger partial charge in [0.25, 0.3) is 0 Å². The van der Waals surface area contributed by atoms with Crippen LogP contribution in [0.3, 0.4) is 0 Å². The quantitative estimate of drug-likeness (QED) is 0.451. The molecule has 0 atom stereocenters. The van der Waals surface area contributed by atoms with E-state index >= 15 is 0 Å². The van der Waals surface area contributed by atoms with E-state index in [4.69, 9.17) is 0 Å². The van der Waals surface area contributed by atoms with Gasteiger partial charge in [-0.25, -0.2) is 0 Å². The zero-order chi connectivity index (χ0) is 18.3. The molecule has 0 N–H and O–H groups in total. The predicted octanol–water partition coefficient (Wildman–Crippen LogP) is 3.33. The molecule has 0 bridgehead atoms. The summed E-state index contributed by atoms with van der Waals surface area (Å²) in [6.07, 6.45) is 0. The zero-order valence-electron chi connectivity index (χ0n) is 15.0. The molecule has 0 saturated heterocycles. The van der Waals surface area contributed by atoms with Gasteiger partial charge in [0.05, 0.1) is 0 Å². The Morgan fingerprint density at radius 2 is 0.556 bits per heavy atom. The van der Waals surface area contributed by atoms with E-state index in [1.165, 1.54) is 20.7 Å². The molecular weight excluding hydrogens is 377 g/mol. The molecule has 0 aliphatic carbocycles. The highest BCUT2D eigenvalue weighted by atomic mass is 32.5. The minimum Gasteiger partial charge on any atom is -0.188 e. The molecule has 0 aliphatic heterocycles. The second-order valence-corrected chi connectivity index (χ2v) is 15.0. The first-order chi connectivity index (χ1) is 13.4. The molecule has 0 heterocycles. The fourth-order valence-corrected chi connectivity index (χ4v) is 16.1. The average Bonchev–Trinajstić information content (AvgIpc) is 2.77. The molecule has 2 radical (unpaired) electrons. The first-order valence-electron chi connectivity index (χ1n) is 9.05. The lowest BCUT2D eigenvalue weighted by Gasteiger charge is -2.22. The summed E-state index contributed by atoms with van der Waals surface area (Å²) in [6, 6.07) is 44.1. The van der Waals surface area contributed by atoms with Gasteiger partial charge in [0.2, 0.25) is 0 Å². The SMILES string of the molecule is c1ccc([Si](S[Si](c2ccccc2)c2ccccc2)c2ccccc2)cc1. The Bertz CT molecular complexity index is 785. The van der Waals surface area contributed by atoms with Crippen LogP contribution >= 0.6 is 10.7 Å². The van der Waals surface area contributed by atoms with Gasteiger partial charge in [-0.3, -0.25) is 0 Å². The molecule has 4 aromatic rings. The van der Waals surface area contributed by atoms with Gasteiger partial charge in [-0.1, -0.05) is 121 Å². The second kappa shape index (κ2) is 9.04. The maximum atomic E-state index is 2.30. The fraction of sp³-hybridized carbons (Fsp3) is 0. The van der Waals surface area contributed by atoms with Gasteiger partial charge >= 0.3 is 0 Å². The third kappa shape index (κ3) is 4.50. The van der Waals surface area contributed by atoms with Gasteiger partial charge in [0.15, 0.2) is 15.9 Å². The molecule has 4 aromatic carbocycles. The summed E-state index contributed by atoms with van der Waals surface area (Å²) in [7, 11) is 0.344. The number of hydrogen-bond donors (Lipinski definition) is 0. The first-order valence-corrected chi connectivity index (χ1v) is 14.3. The van der Waals surface area contributed by atoms with Crippen LogP contribution in [0.4, 0.5) is 0 Å². The topological polar surface area (TPSA) is 0 Å². The summed E-state index contributed by atoms with van der Waals surface area (Å²) in [6.45, 7) is 0. The van der Waals surface area contributed by atoms with Gasteiger partial charge in [-0.15, -0.1) is 0 Å². The van der Waals surface area contributed by atoms with E-state index in [9.17, 15) is 0 Å². The van der Waals surface area contributed by atoms with Crippen molar-refractivity contribution in [2.75, 3.05) is 0 Å². The Morgan fingerprint density at radius 1 is 0.333 bits per heavy atom. The highest BCUT2D eigenvalue weighted by molar-refractivity contribution is 8.48. The average molecular weight is 397 g/mol. The normalized spacial score (nSPS) is 11.0. The minimum absolute atomic E-state index is 0.931. The van der Waals surface area contributed by atoms with Crippen molar-refractivity contribution in [3.63, 3.8) is 0 Å². The molecule has 0 fully saturated rings. The van der Waals surface area contributed by atoms with Crippen molar-refractivity contribution in [2.45, 2.75) is 0 Å². The third-order valence-corrected chi connectivity index (χ3v) is 15.9. The molecule has 0 spiro atoms. The van der Waals surface area contributed by atoms with Crippen LogP contribution in [0.5, 0.6) is 0 Å². The minimum atomic E-state index is -0.931. The van der Waals surface area contributed by atoms with E-state index in [1.54, 1.807) is 0 Å². The van der Waals surface area contributed by atoms with Crippen LogP contribution in [0.25, 0.3) is 0 Å². The molecule has 3 heteroatoms. The Hall–Kier alpha value is -2.34. The molecule has 0 aromatic heterocycles. The molecule has 0 unspecified atom stereocenters. The molecule has 4 rings (SSSR count). The molecule has 0 amide bonds. The van der Waals surface area contributed by atoms with Crippen LogP contribution in [0.1, 0.15) is 0 Å². The first kappa shape index (κ1) is 18.0. The van der Waals surface area contributed by atoms with Crippen molar-refractivity contribution in [2.24, 2.45) is 0 Å². The lowest BCUT2D eigenvalue weighted by atomic mass is 10.4. The summed E-state index contributed by atoms with van der Waals surface area (Å²) in [4.78, 5) is 0. The summed E-state index contributed by atoms with van der Waals surface area (Å²) in [5.74, 6) is 0. The van der Waals surface area contributed by atoms with Gasteiger partial charge in [0.1, 0.15) is 0 Å². The van der Waals surface area contributed by atoms with Crippen LogP contribution in [-0.4, -0.2) is 15.9 Å². The van der Waals surface area contributed by atoms with Gasteiger partial charge in [0, 0.05) is 0 Å². The van der Waals surface area contributed by atoms with Crippen LogP contribution in [0, 0.1) is 0 Å². The van der Waals surface area contributed by atoms with Crippen LogP contribution in [-0.2, 0) is 0 Å². The number of hydrogen-bond acceptors (Lipinski definition) is 1. The van der Waals surface area contributed by atoms with Crippen LogP contribution in [0.2, 0.25) is 0 Å². The van der Waals surface area contributed by atoms with Crippen molar-refractivity contribution in [3.05, 3.63) is 121 Å². The second-order valence-electron chi connectivity index (χ2n) is 6.22. The summed E-state index contributed by atoms with van der Waals surface area (Å²) < 4.78 is 0. The Morgan fingerprint density at radius 3 is 0.778 bits per heavy atom. The molecule has 130 valence electrons. The largest absolute Gasteiger partial charge is 0.188 e. The van der Waals surface area contributed by atoms with Crippen molar-refractivity contribution in [3.8, 4) is 0 Å². The monoisotopic (exact) mass is 396 g/mol. The Balaban J connectivity index is 1.77. The van der Waals surface area contributed by atoms with Crippen molar-refractivity contribution in [1.82, 2.24) is 0 Å². The van der Waals surface area contributed by atoms with Gasteiger partial charge in [-0.2, -0.15) is 10.7 Å². The highest BCUT2D eigenvalue weighted by Crippen LogP contribution is 2.14. The van der Waals surface area contributed by atoms with E-state index in [2.05, 4.69) is 132 Å². The maximum Gasteiger partial charge on any atom is 0.184 e. The predicted molar refractivity (Wildman–Crippen MR) is 123 cm³/mol. The van der Waals surface area contributed by atoms with Crippen molar-refractivity contribution in [1.29, 1.82) is 0 Å². The molecule has 27 heavy (non-hydrogen) atoms. The summed E-state index contributed by atoms with van der Waals surface area (Å²) in [5.41, 5.74) is 0. The molecule has 0 aliphatic rings. The van der Waals surface area contributed by atoms with E-state index in [-0.39, 0.29) is 0 Å². The molecular formula is C24H20SSi2. The van der Waals surface area contributed by atoms with E-state index in [0.29, 0.717) is 0 Å². The number of benzene rings is 4. The van der Waals surface area contributed by atoms with Gasteiger partial charge < -0.3 is 0 Å². The molecule has 0 saturated carbocycles. The summed E-state index contributed by atoms with van der Waals surface area (Å²) >= 11 is 0. The van der Waals surface area contributed by atoms with E-state index in [1.807, 2.05) is 0 Å². The lowest BCUT2D eigenvalue weighted by molar-refractivity contribution is 1.74. The zero-order valence-corrected chi connectivity index (χ0v) is 17.8. The standard InChI is InChI=1S/C24H20SSi2/c1-5-13-21(14-6-1)26(22-15-7-2-8-16-22)25-27(23-17-9-3-10-18-23)24-19-11-4-12-20-24/h1-20H. The third-order valence-electron chi connectivity index (χ3n) is 4.35.